The van der Waals surface area contributed by atoms with E-state index in [1.807, 2.05) is 41.1 Å². The first kappa shape index (κ1) is 14.8. The lowest BCUT2D eigenvalue weighted by molar-refractivity contribution is 0.277. The number of imidazole rings is 1. The molecule has 3 aromatic heterocycles. The van der Waals surface area contributed by atoms with E-state index < -0.39 is 6.17 Å². The molecule has 4 aromatic rings. The summed E-state index contributed by atoms with van der Waals surface area (Å²) in [6, 6.07) is 10.1. The molecular formula is C18H16FN5S. The van der Waals surface area contributed by atoms with Gasteiger partial charge in [0.2, 0.25) is 5.78 Å². The van der Waals surface area contributed by atoms with Crippen LogP contribution in [0.15, 0.2) is 42.7 Å². The molecule has 0 atom stereocenters. The predicted molar refractivity (Wildman–Crippen MR) is 97.9 cm³/mol. The van der Waals surface area contributed by atoms with Crippen LogP contribution >= 0.6 is 11.3 Å². The van der Waals surface area contributed by atoms with Gasteiger partial charge in [0, 0.05) is 25.5 Å². The summed E-state index contributed by atoms with van der Waals surface area (Å²) in [4.78, 5) is 16.1. The van der Waals surface area contributed by atoms with E-state index in [-0.39, 0.29) is 0 Å². The Morgan fingerprint density at radius 1 is 1.04 bits per heavy atom. The zero-order valence-electron chi connectivity index (χ0n) is 13.5. The summed E-state index contributed by atoms with van der Waals surface area (Å²) >= 11 is 1.63. The number of rotatable bonds is 2. The van der Waals surface area contributed by atoms with Crippen LogP contribution < -0.4 is 4.90 Å². The molecule has 1 aromatic carbocycles. The molecule has 1 aliphatic heterocycles. The molecule has 5 nitrogen and oxygen atoms in total. The molecule has 25 heavy (non-hydrogen) atoms. The fourth-order valence-corrected chi connectivity index (χ4v) is 4.12. The quantitative estimate of drug-likeness (QED) is 0.547. The summed E-state index contributed by atoms with van der Waals surface area (Å²) in [6.07, 6.45) is 4.37. The molecule has 0 spiro atoms. The Labute approximate surface area is 147 Å². The molecule has 126 valence electrons. The van der Waals surface area contributed by atoms with Crippen molar-refractivity contribution in [1.29, 1.82) is 0 Å². The minimum absolute atomic E-state index is 0.568. The second kappa shape index (κ2) is 5.77. The summed E-state index contributed by atoms with van der Waals surface area (Å²) in [6.45, 7) is 1.41. The molecule has 5 rings (SSSR count). The number of thiazole rings is 1. The second-order valence-electron chi connectivity index (χ2n) is 6.27. The number of anilines is 1. The molecule has 1 fully saturated rings. The van der Waals surface area contributed by atoms with Crippen LogP contribution in [0.5, 0.6) is 0 Å². The van der Waals surface area contributed by atoms with Crippen molar-refractivity contribution in [2.45, 2.75) is 19.0 Å². The highest BCUT2D eigenvalue weighted by Gasteiger charge is 2.20. The van der Waals surface area contributed by atoms with E-state index in [4.69, 9.17) is 0 Å². The summed E-state index contributed by atoms with van der Waals surface area (Å²) in [5.74, 6) is 1.51. The van der Waals surface area contributed by atoms with E-state index in [0.717, 1.165) is 26.7 Å². The van der Waals surface area contributed by atoms with Crippen LogP contribution in [0.3, 0.4) is 0 Å². The lowest BCUT2D eigenvalue weighted by Crippen LogP contribution is -2.34. The van der Waals surface area contributed by atoms with Crippen LogP contribution in [0, 0.1) is 0 Å². The molecule has 0 aliphatic carbocycles. The van der Waals surface area contributed by atoms with E-state index in [1.54, 1.807) is 11.3 Å². The highest BCUT2D eigenvalue weighted by molar-refractivity contribution is 7.21. The van der Waals surface area contributed by atoms with Gasteiger partial charge in [0.05, 0.1) is 10.2 Å². The maximum absolute atomic E-state index is 13.3. The van der Waals surface area contributed by atoms with Crippen LogP contribution in [0.25, 0.3) is 26.7 Å². The lowest BCUT2D eigenvalue weighted by atomic mass is 10.1. The number of alkyl halides is 1. The minimum atomic E-state index is -0.683. The van der Waals surface area contributed by atoms with Crippen molar-refractivity contribution >= 4 is 33.1 Å². The Hall–Kier alpha value is -2.54. The number of aromatic nitrogens is 4. The van der Waals surface area contributed by atoms with Crippen LogP contribution in [0.1, 0.15) is 12.8 Å². The smallest absolute Gasteiger partial charge is 0.236 e. The molecule has 0 bridgehead atoms. The molecule has 0 saturated carbocycles. The van der Waals surface area contributed by atoms with Crippen molar-refractivity contribution in [2.75, 3.05) is 18.0 Å². The van der Waals surface area contributed by atoms with Crippen LogP contribution in [-0.2, 0) is 0 Å². The topological polar surface area (TPSA) is 46.3 Å². The average molecular weight is 353 g/mol. The molecule has 4 heterocycles. The highest BCUT2D eigenvalue weighted by atomic mass is 32.1. The van der Waals surface area contributed by atoms with Crippen molar-refractivity contribution in [3.05, 3.63) is 42.7 Å². The Balaban J connectivity index is 1.51. The molecular weight excluding hydrogens is 337 g/mol. The van der Waals surface area contributed by atoms with Gasteiger partial charge >= 0.3 is 0 Å². The molecule has 0 radical (unpaired) electrons. The molecule has 1 saturated heterocycles. The maximum Gasteiger partial charge on any atom is 0.236 e. The van der Waals surface area contributed by atoms with Crippen molar-refractivity contribution in [3.63, 3.8) is 0 Å². The summed E-state index contributed by atoms with van der Waals surface area (Å²) in [5.41, 5.74) is 1.82. The Kier molecular flexibility index (Phi) is 3.41. The molecule has 0 amide bonds. The van der Waals surface area contributed by atoms with Crippen LogP contribution in [0.2, 0.25) is 0 Å². The van der Waals surface area contributed by atoms with Crippen molar-refractivity contribution in [1.82, 2.24) is 19.4 Å². The second-order valence-corrected chi connectivity index (χ2v) is 7.30. The molecule has 0 N–H and O–H groups in total. The zero-order chi connectivity index (χ0) is 16.8. The average Bonchev–Trinajstić information content (AvgIpc) is 3.25. The number of halogens is 1. The number of hydrogen-bond acceptors (Lipinski definition) is 5. The highest BCUT2D eigenvalue weighted by Crippen LogP contribution is 2.29. The standard InChI is InChI=1S/C18H16FN5S/c19-12-5-8-23(9-6-12)16-7-10-24-11-14(21-18(24)22-16)17-20-13-3-1-2-4-15(13)25-17/h1-4,7,10-12H,5-6,8-9H2. The van der Waals surface area contributed by atoms with E-state index in [1.165, 1.54) is 0 Å². The third kappa shape index (κ3) is 2.64. The normalized spacial score (nSPS) is 16.1. The van der Waals surface area contributed by atoms with Crippen molar-refractivity contribution in [3.8, 4) is 10.7 Å². The van der Waals surface area contributed by atoms with E-state index in [0.29, 0.717) is 31.7 Å². The summed E-state index contributed by atoms with van der Waals surface area (Å²) in [7, 11) is 0. The van der Waals surface area contributed by atoms with Gasteiger partial charge in [-0.05, 0) is 31.0 Å². The number of fused-ring (bicyclic) bond motifs is 2. The van der Waals surface area contributed by atoms with Crippen molar-refractivity contribution in [2.24, 2.45) is 0 Å². The summed E-state index contributed by atoms with van der Waals surface area (Å²) in [5, 5.41) is 0.895. The first-order chi connectivity index (χ1) is 12.3. The van der Waals surface area contributed by atoms with Gasteiger partial charge in [-0.15, -0.1) is 11.3 Å². The van der Waals surface area contributed by atoms with Gasteiger partial charge in [-0.1, -0.05) is 12.1 Å². The Bertz CT molecular complexity index is 1010. The fourth-order valence-electron chi connectivity index (χ4n) is 3.20. The number of benzene rings is 1. The van der Waals surface area contributed by atoms with Gasteiger partial charge in [-0.3, -0.25) is 4.40 Å². The third-order valence-corrected chi connectivity index (χ3v) is 5.63. The number of hydrogen-bond donors (Lipinski definition) is 0. The lowest BCUT2D eigenvalue weighted by Gasteiger charge is -2.29. The Morgan fingerprint density at radius 2 is 1.88 bits per heavy atom. The van der Waals surface area contributed by atoms with Crippen LogP contribution in [0.4, 0.5) is 10.2 Å². The predicted octanol–water partition coefficient (Wildman–Crippen LogP) is 3.94. The molecule has 0 unspecified atom stereocenters. The summed E-state index contributed by atoms with van der Waals surface area (Å²) < 4.78 is 16.4. The number of para-hydroxylation sites is 1. The zero-order valence-corrected chi connectivity index (χ0v) is 14.3. The molecule has 7 heteroatoms. The monoisotopic (exact) mass is 353 g/mol. The third-order valence-electron chi connectivity index (χ3n) is 4.57. The first-order valence-electron chi connectivity index (χ1n) is 8.37. The van der Waals surface area contributed by atoms with Gasteiger partial charge in [0.1, 0.15) is 22.7 Å². The van der Waals surface area contributed by atoms with Gasteiger partial charge in [-0.2, -0.15) is 4.98 Å². The minimum Gasteiger partial charge on any atom is -0.356 e. The van der Waals surface area contributed by atoms with Gasteiger partial charge in [-0.25, -0.2) is 14.4 Å². The Morgan fingerprint density at radius 3 is 2.72 bits per heavy atom. The number of nitrogens with zero attached hydrogens (tertiary/aromatic N) is 5. The van der Waals surface area contributed by atoms with Crippen molar-refractivity contribution < 1.29 is 4.39 Å². The van der Waals surface area contributed by atoms with E-state index in [2.05, 4.69) is 25.9 Å². The van der Waals surface area contributed by atoms with Gasteiger partial charge in [0.15, 0.2) is 0 Å². The SMILES string of the molecule is FC1CCN(c2ccn3cc(-c4nc5ccccc5s4)nc3n2)CC1. The van der Waals surface area contributed by atoms with Crippen LogP contribution in [-0.4, -0.2) is 38.6 Å². The van der Waals surface area contributed by atoms with Gasteiger partial charge < -0.3 is 4.90 Å². The largest absolute Gasteiger partial charge is 0.356 e. The van der Waals surface area contributed by atoms with E-state index in [9.17, 15) is 4.39 Å². The maximum atomic E-state index is 13.3. The van der Waals surface area contributed by atoms with Gasteiger partial charge in [0.25, 0.3) is 0 Å². The number of piperidine rings is 1. The molecule has 1 aliphatic rings. The fraction of sp³-hybridized carbons (Fsp3) is 0.278. The first-order valence-corrected chi connectivity index (χ1v) is 9.19. The van der Waals surface area contributed by atoms with E-state index >= 15 is 0 Å².